The Bertz CT molecular complexity index is 478. The molecule has 0 aliphatic carbocycles. The Morgan fingerprint density at radius 2 is 2.00 bits per heavy atom. The van der Waals surface area contributed by atoms with E-state index in [1.54, 1.807) is 6.26 Å². The number of nitrogens with two attached hydrogens (primary N) is 1. The molecule has 0 spiro atoms. The summed E-state index contributed by atoms with van der Waals surface area (Å²) in [6.07, 6.45) is 1.62. The van der Waals surface area contributed by atoms with Gasteiger partial charge in [-0.3, -0.25) is 0 Å². The van der Waals surface area contributed by atoms with Gasteiger partial charge in [-0.25, -0.2) is 0 Å². The van der Waals surface area contributed by atoms with Crippen molar-refractivity contribution >= 4 is 15.9 Å². The van der Waals surface area contributed by atoms with Crippen LogP contribution < -0.4 is 10.5 Å². The third-order valence-corrected chi connectivity index (χ3v) is 3.13. The maximum Gasteiger partial charge on any atom is 0.139 e. The molecular formula is C13H14BrNO2. The molecule has 0 saturated heterocycles. The third kappa shape index (κ3) is 2.70. The molecule has 0 amide bonds. The van der Waals surface area contributed by atoms with Crippen LogP contribution in [0.1, 0.15) is 24.3 Å². The van der Waals surface area contributed by atoms with Gasteiger partial charge in [0.2, 0.25) is 0 Å². The van der Waals surface area contributed by atoms with E-state index in [0.717, 1.165) is 21.5 Å². The smallest absolute Gasteiger partial charge is 0.139 e. The van der Waals surface area contributed by atoms with Gasteiger partial charge >= 0.3 is 0 Å². The van der Waals surface area contributed by atoms with Crippen LogP contribution in [-0.2, 0) is 0 Å². The average Bonchev–Trinajstić information content (AvgIpc) is 2.76. The largest absolute Gasteiger partial charge is 0.494 e. The van der Waals surface area contributed by atoms with Crippen molar-refractivity contribution in [2.75, 3.05) is 6.61 Å². The SMILES string of the molecule is CCOc1ccc(C(N)c2occc2Br)cc1. The highest BCUT2D eigenvalue weighted by Crippen LogP contribution is 2.28. The van der Waals surface area contributed by atoms with Gasteiger partial charge in [0.15, 0.2) is 0 Å². The predicted molar refractivity (Wildman–Crippen MR) is 70.0 cm³/mol. The van der Waals surface area contributed by atoms with Crippen LogP contribution in [0.2, 0.25) is 0 Å². The minimum atomic E-state index is -0.268. The topological polar surface area (TPSA) is 48.4 Å². The van der Waals surface area contributed by atoms with Crippen molar-refractivity contribution < 1.29 is 9.15 Å². The van der Waals surface area contributed by atoms with Crippen molar-refractivity contribution in [3.8, 4) is 5.75 Å². The predicted octanol–water partition coefficient (Wildman–Crippen LogP) is 3.49. The second kappa shape index (κ2) is 5.38. The molecule has 0 bridgehead atoms. The minimum Gasteiger partial charge on any atom is -0.494 e. The Balaban J connectivity index is 2.20. The first kappa shape index (κ1) is 12.2. The summed E-state index contributed by atoms with van der Waals surface area (Å²) >= 11 is 3.41. The molecule has 2 aromatic rings. The standard InChI is InChI=1S/C13H14BrNO2/c1-2-16-10-5-3-9(4-6-10)12(15)13-11(14)7-8-17-13/h3-8,12H,2,15H2,1H3. The summed E-state index contributed by atoms with van der Waals surface area (Å²) in [5.74, 6) is 1.58. The van der Waals surface area contributed by atoms with E-state index in [0.29, 0.717) is 6.61 Å². The molecule has 1 unspecified atom stereocenters. The summed E-state index contributed by atoms with van der Waals surface area (Å²) in [7, 11) is 0. The molecule has 3 nitrogen and oxygen atoms in total. The van der Waals surface area contributed by atoms with Crippen LogP contribution in [0.25, 0.3) is 0 Å². The maximum atomic E-state index is 6.12. The second-order valence-corrected chi connectivity index (χ2v) is 4.47. The Labute approximate surface area is 109 Å². The number of ether oxygens (including phenoxy) is 1. The molecule has 0 radical (unpaired) electrons. The van der Waals surface area contributed by atoms with Crippen molar-refractivity contribution in [2.24, 2.45) is 5.73 Å². The van der Waals surface area contributed by atoms with Gasteiger partial charge in [0.05, 0.1) is 23.4 Å². The number of hydrogen-bond donors (Lipinski definition) is 1. The fraction of sp³-hybridized carbons (Fsp3) is 0.231. The molecule has 0 aliphatic heterocycles. The second-order valence-electron chi connectivity index (χ2n) is 3.61. The lowest BCUT2D eigenvalue weighted by Gasteiger charge is -2.11. The lowest BCUT2D eigenvalue weighted by Crippen LogP contribution is -2.11. The first-order chi connectivity index (χ1) is 8.22. The summed E-state index contributed by atoms with van der Waals surface area (Å²) in [5, 5.41) is 0. The molecule has 1 heterocycles. The summed E-state index contributed by atoms with van der Waals surface area (Å²) in [5.41, 5.74) is 7.11. The van der Waals surface area contributed by atoms with Crippen LogP contribution in [0.5, 0.6) is 5.75 Å². The molecule has 2 rings (SSSR count). The number of rotatable bonds is 4. The van der Waals surface area contributed by atoms with Gasteiger partial charge in [0.1, 0.15) is 11.5 Å². The van der Waals surface area contributed by atoms with E-state index in [-0.39, 0.29) is 6.04 Å². The number of hydrogen-bond acceptors (Lipinski definition) is 3. The van der Waals surface area contributed by atoms with Gasteiger partial charge in [-0.15, -0.1) is 0 Å². The summed E-state index contributed by atoms with van der Waals surface area (Å²) in [6, 6.07) is 9.29. The number of furan rings is 1. The Morgan fingerprint density at radius 1 is 1.29 bits per heavy atom. The monoisotopic (exact) mass is 295 g/mol. The molecule has 4 heteroatoms. The van der Waals surface area contributed by atoms with Gasteiger partial charge in [0.25, 0.3) is 0 Å². The van der Waals surface area contributed by atoms with Crippen LogP contribution in [0.15, 0.2) is 45.5 Å². The van der Waals surface area contributed by atoms with Crippen LogP contribution >= 0.6 is 15.9 Å². The van der Waals surface area contributed by atoms with Gasteiger partial charge in [-0.2, -0.15) is 0 Å². The fourth-order valence-electron chi connectivity index (χ4n) is 1.62. The van der Waals surface area contributed by atoms with Crippen LogP contribution in [0.3, 0.4) is 0 Å². The average molecular weight is 296 g/mol. The van der Waals surface area contributed by atoms with Crippen molar-refractivity contribution in [3.05, 3.63) is 52.4 Å². The third-order valence-electron chi connectivity index (χ3n) is 2.48. The summed E-state index contributed by atoms with van der Waals surface area (Å²) in [4.78, 5) is 0. The van der Waals surface area contributed by atoms with Crippen molar-refractivity contribution in [3.63, 3.8) is 0 Å². The summed E-state index contributed by atoms with van der Waals surface area (Å²) in [6.45, 7) is 2.62. The molecule has 1 aromatic heterocycles. The van der Waals surface area contributed by atoms with Gasteiger partial charge in [-0.05, 0) is 46.6 Å². The molecule has 0 saturated carbocycles. The first-order valence-electron chi connectivity index (χ1n) is 5.43. The lowest BCUT2D eigenvalue weighted by molar-refractivity contribution is 0.340. The molecular weight excluding hydrogens is 282 g/mol. The van der Waals surface area contributed by atoms with Crippen LogP contribution in [-0.4, -0.2) is 6.61 Å². The van der Waals surface area contributed by atoms with E-state index in [4.69, 9.17) is 14.9 Å². The van der Waals surface area contributed by atoms with Gasteiger partial charge < -0.3 is 14.9 Å². The zero-order valence-corrected chi connectivity index (χ0v) is 11.1. The normalized spacial score (nSPS) is 12.4. The highest BCUT2D eigenvalue weighted by Gasteiger charge is 2.15. The van der Waals surface area contributed by atoms with Crippen LogP contribution in [0.4, 0.5) is 0 Å². The molecule has 1 aromatic carbocycles. The van der Waals surface area contributed by atoms with Gasteiger partial charge in [-0.1, -0.05) is 12.1 Å². The summed E-state index contributed by atoms with van der Waals surface area (Å²) < 4.78 is 11.6. The van der Waals surface area contributed by atoms with Crippen molar-refractivity contribution in [2.45, 2.75) is 13.0 Å². The van der Waals surface area contributed by atoms with Crippen molar-refractivity contribution in [1.29, 1.82) is 0 Å². The highest BCUT2D eigenvalue weighted by molar-refractivity contribution is 9.10. The molecule has 2 N–H and O–H groups in total. The molecule has 0 fully saturated rings. The Morgan fingerprint density at radius 3 is 2.53 bits per heavy atom. The van der Waals surface area contributed by atoms with E-state index in [2.05, 4.69) is 15.9 Å². The van der Waals surface area contributed by atoms with E-state index < -0.39 is 0 Å². The van der Waals surface area contributed by atoms with Crippen molar-refractivity contribution in [1.82, 2.24) is 0 Å². The first-order valence-corrected chi connectivity index (χ1v) is 6.23. The maximum absolute atomic E-state index is 6.12. The quantitative estimate of drug-likeness (QED) is 0.939. The van der Waals surface area contributed by atoms with E-state index in [1.165, 1.54) is 0 Å². The molecule has 17 heavy (non-hydrogen) atoms. The zero-order valence-electron chi connectivity index (χ0n) is 9.52. The Hall–Kier alpha value is -1.26. The van der Waals surface area contributed by atoms with E-state index >= 15 is 0 Å². The molecule has 90 valence electrons. The lowest BCUT2D eigenvalue weighted by atomic mass is 10.1. The molecule has 1 atom stereocenters. The fourth-order valence-corrected chi connectivity index (χ4v) is 2.06. The molecule has 0 aliphatic rings. The Kier molecular flexibility index (Phi) is 3.86. The number of halogens is 1. The highest BCUT2D eigenvalue weighted by atomic mass is 79.9. The van der Waals surface area contributed by atoms with E-state index in [9.17, 15) is 0 Å². The zero-order chi connectivity index (χ0) is 12.3. The van der Waals surface area contributed by atoms with Gasteiger partial charge in [0, 0.05) is 0 Å². The number of benzene rings is 1. The van der Waals surface area contributed by atoms with Crippen LogP contribution in [0, 0.1) is 0 Å². The van der Waals surface area contributed by atoms with E-state index in [1.807, 2.05) is 37.3 Å². The minimum absolute atomic E-state index is 0.268.